The highest BCUT2D eigenvalue weighted by molar-refractivity contribution is 7.92. The van der Waals surface area contributed by atoms with E-state index < -0.39 is 15.6 Å². The zero-order valence-electron chi connectivity index (χ0n) is 8.82. The summed E-state index contributed by atoms with van der Waals surface area (Å²) in [4.78, 5) is 11.6. The Bertz CT molecular complexity index is 562. The number of rotatable bonds is 4. The zero-order valence-corrected chi connectivity index (χ0v) is 11.1. The van der Waals surface area contributed by atoms with Crippen molar-refractivity contribution in [2.45, 2.75) is 17.7 Å². The van der Waals surface area contributed by atoms with Crippen LogP contribution in [0.25, 0.3) is 0 Å². The predicted octanol–water partition coefficient (Wildman–Crippen LogP) is 2.75. The summed E-state index contributed by atoms with van der Waals surface area (Å²) in [6, 6.07) is 4.06. The summed E-state index contributed by atoms with van der Waals surface area (Å²) in [5.41, 5.74) is 0. The first kappa shape index (κ1) is 12.9. The van der Waals surface area contributed by atoms with E-state index in [2.05, 4.69) is 0 Å². The lowest BCUT2D eigenvalue weighted by Crippen LogP contribution is -2.17. The van der Waals surface area contributed by atoms with Crippen molar-refractivity contribution in [3.63, 3.8) is 0 Å². The van der Waals surface area contributed by atoms with Gasteiger partial charge in [-0.15, -0.1) is 0 Å². The van der Waals surface area contributed by atoms with Crippen LogP contribution >= 0.6 is 23.2 Å². The highest BCUT2D eigenvalue weighted by Crippen LogP contribution is 2.31. The van der Waals surface area contributed by atoms with Crippen molar-refractivity contribution in [3.05, 3.63) is 28.2 Å². The molecular formula is C11H10Cl2O3S. The minimum Gasteiger partial charge on any atom is -0.298 e. The molecule has 0 unspecified atom stereocenters. The van der Waals surface area contributed by atoms with Crippen LogP contribution in [0.2, 0.25) is 10.0 Å². The molecule has 0 N–H and O–H groups in total. The van der Waals surface area contributed by atoms with Gasteiger partial charge in [-0.1, -0.05) is 23.2 Å². The van der Waals surface area contributed by atoms with Gasteiger partial charge in [0.2, 0.25) is 0 Å². The second kappa shape index (κ2) is 4.59. The van der Waals surface area contributed by atoms with Crippen LogP contribution in [0.4, 0.5) is 0 Å². The molecule has 0 aliphatic heterocycles. The van der Waals surface area contributed by atoms with Crippen molar-refractivity contribution in [3.8, 4) is 0 Å². The number of hydrogen-bond donors (Lipinski definition) is 0. The van der Waals surface area contributed by atoms with Gasteiger partial charge in [-0.2, -0.15) is 0 Å². The quantitative estimate of drug-likeness (QED) is 0.857. The average Bonchev–Trinajstić information content (AvgIpc) is 3.04. The number of carbonyl (C=O) groups excluding carboxylic acids is 1. The van der Waals surface area contributed by atoms with Gasteiger partial charge >= 0.3 is 0 Å². The van der Waals surface area contributed by atoms with E-state index in [0.717, 1.165) is 12.8 Å². The normalized spacial score (nSPS) is 15.9. The maximum absolute atomic E-state index is 11.9. The Labute approximate surface area is 110 Å². The van der Waals surface area contributed by atoms with E-state index >= 15 is 0 Å². The van der Waals surface area contributed by atoms with Gasteiger partial charge in [-0.25, -0.2) is 8.42 Å². The number of ketones is 1. The van der Waals surface area contributed by atoms with Gasteiger partial charge in [0.05, 0.1) is 14.9 Å². The monoisotopic (exact) mass is 292 g/mol. The van der Waals surface area contributed by atoms with E-state index in [1.807, 2.05) is 0 Å². The smallest absolute Gasteiger partial charge is 0.185 e. The third kappa shape index (κ3) is 3.00. The number of Topliss-reactive ketones (excluding diaryl/α,β-unsaturated/α-hetero) is 1. The molecule has 0 radical (unpaired) electrons. The van der Waals surface area contributed by atoms with Crippen LogP contribution in [-0.2, 0) is 14.6 Å². The van der Waals surface area contributed by atoms with E-state index in [1.165, 1.54) is 18.2 Å². The van der Waals surface area contributed by atoms with Crippen LogP contribution in [0.5, 0.6) is 0 Å². The molecule has 1 aliphatic rings. The zero-order chi connectivity index (χ0) is 12.6. The van der Waals surface area contributed by atoms with Gasteiger partial charge in [-0.3, -0.25) is 4.79 Å². The van der Waals surface area contributed by atoms with Gasteiger partial charge in [0.15, 0.2) is 15.6 Å². The van der Waals surface area contributed by atoms with E-state index in [1.54, 1.807) is 0 Å². The molecule has 0 spiro atoms. The number of carbonyl (C=O) groups is 1. The number of benzene rings is 1. The molecule has 0 atom stereocenters. The molecule has 0 heterocycles. The van der Waals surface area contributed by atoms with Crippen LogP contribution in [-0.4, -0.2) is 20.0 Å². The van der Waals surface area contributed by atoms with Gasteiger partial charge in [0, 0.05) is 5.92 Å². The lowest BCUT2D eigenvalue weighted by atomic mass is 10.3. The highest BCUT2D eigenvalue weighted by Gasteiger charge is 2.33. The van der Waals surface area contributed by atoms with Crippen LogP contribution in [0.3, 0.4) is 0 Å². The summed E-state index contributed by atoms with van der Waals surface area (Å²) in [5.74, 6) is -0.723. The Morgan fingerprint density at radius 1 is 1.24 bits per heavy atom. The molecule has 0 bridgehead atoms. The van der Waals surface area contributed by atoms with Crippen molar-refractivity contribution in [1.29, 1.82) is 0 Å². The minimum atomic E-state index is -3.60. The van der Waals surface area contributed by atoms with Gasteiger partial charge < -0.3 is 0 Å². The molecular weight excluding hydrogens is 283 g/mol. The number of halogens is 2. The molecule has 17 heavy (non-hydrogen) atoms. The van der Waals surface area contributed by atoms with Crippen LogP contribution in [0.15, 0.2) is 23.1 Å². The largest absolute Gasteiger partial charge is 0.298 e. The molecule has 1 aliphatic carbocycles. The van der Waals surface area contributed by atoms with Gasteiger partial charge in [0.25, 0.3) is 0 Å². The van der Waals surface area contributed by atoms with Crippen molar-refractivity contribution in [2.24, 2.45) is 5.92 Å². The third-order valence-corrected chi connectivity index (χ3v) is 4.99. The molecule has 0 aromatic heterocycles. The summed E-state index contributed by atoms with van der Waals surface area (Å²) in [5, 5.41) is 0.464. The van der Waals surface area contributed by atoms with E-state index in [-0.39, 0.29) is 21.6 Å². The molecule has 92 valence electrons. The lowest BCUT2D eigenvalue weighted by molar-refractivity contribution is -0.117. The van der Waals surface area contributed by atoms with Crippen molar-refractivity contribution in [2.75, 3.05) is 5.75 Å². The Hall–Kier alpha value is -0.580. The minimum absolute atomic E-state index is 0.0425. The Morgan fingerprint density at radius 3 is 2.41 bits per heavy atom. The van der Waals surface area contributed by atoms with Crippen LogP contribution < -0.4 is 0 Å². The van der Waals surface area contributed by atoms with Gasteiger partial charge in [-0.05, 0) is 31.0 Å². The Kier molecular flexibility index (Phi) is 3.48. The lowest BCUT2D eigenvalue weighted by Gasteiger charge is -2.04. The topological polar surface area (TPSA) is 51.2 Å². The molecule has 0 saturated heterocycles. The standard InChI is InChI=1S/C11H10Cl2O3S/c12-9-4-3-8(5-10(9)13)17(15,16)6-11(14)7-1-2-7/h3-5,7H,1-2,6H2. The second-order valence-electron chi connectivity index (χ2n) is 4.08. The Balaban J connectivity index is 2.24. The maximum Gasteiger partial charge on any atom is 0.185 e. The summed E-state index contributed by atoms with van der Waals surface area (Å²) >= 11 is 11.5. The number of sulfone groups is 1. The van der Waals surface area contributed by atoms with Crippen LogP contribution in [0, 0.1) is 5.92 Å². The molecule has 3 nitrogen and oxygen atoms in total. The van der Waals surface area contributed by atoms with E-state index in [0.29, 0.717) is 5.02 Å². The first-order chi connectivity index (χ1) is 7.90. The van der Waals surface area contributed by atoms with E-state index in [4.69, 9.17) is 23.2 Å². The fourth-order valence-electron chi connectivity index (χ4n) is 1.46. The number of hydrogen-bond acceptors (Lipinski definition) is 3. The molecule has 1 saturated carbocycles. The molecule has 6 heteroatoms. The third-order valence-electron chi connectivity index (χ3n) is 2.62. The Morgan fingerprint density at radius 2 is 1.88 bits per heavy atom. The molecule has 0 amide bonds. The van der Waals surface area contributed by atoms with Crippen molar-refractivity contribution < 1.29 is 13.2 Å². The van der Waals surface area contributed by atoms with Crippen molar-refractivity contribution >= 4 is 38.8 Å². The maximum atomic E-state index is 11.9. The van der Waals surface area contributed by atoms with Crippen LogP contribution in [0.1, 0.15) is 12.8 Å². The van der Waals surface area contributed by atoms with Gasteiger partial charge in [0.1, 0.15) is 5.75 Å². The fourth-order valence-corrected chi connectivity index (χ4v) is 3.18. The van der Waals surface area contributed by atoms with E-state index in [9.17, 15) is 13.2 Å². The summed E-state index contributed by atoms with van der Waals surface area (Å²) in [6.07, 6.45) is 1.60. The molecule has 2 rings (SSSR count). The summed E-state index contributed by atoms with van der Waals surface area (Å²) < 4.78 is 23.8. The molecule has 1 aromatic rings. The second-order valence-corrected chi connectivity index (χ2v) is 6.88. The first-order valence-corrected chi connectivity index (χ1v) is 7.51. The summed E-state index contributed by atoms with van der Waals surface area (Å²) in [7, 11) is -3.60. The average molecular weight is 293 g/mol. The fraction of sp³-hybridized carbons (Fsp3) is 0.364. The SMILES string of the molecule is O=C(CS(=O)(=O)c1ccc(Cl)c(Cl)c1)C1CC1. The molecule has 1 fully saturated rings. The highest BCUT2D eigenvalue weighted by atomic mass is 35.5. The summed E-state index contributed by atoms with van der Waals surface area (Å²) in [6.45, 7) is 0. The first-order valence-electron chi connectivity index (χ1n) is 5.10. The molecule has 1 aromatic carbocycles. The predicted molar refractivity (Wildman–Crippen MR) is 66.2 cm³/mol. The van der Waals surface area contributed by atoms with Crippen molar-refractivity contribution in [1.82, 2.24) is 0 Å².